The fourth-order valence-electron chi connectivity index (χ4n) is 1.41. The van der Waals surface area contributed by atoms with Gasteiger partial charge in [-0.3, -0.25) is 0 Å². The van der Waals surface area contributed by atoms with E-state index in [-0.39, 0.29) is 17.1 Å². The van der Waals surface area contributed by atoms with Crippen molar-refractivity contribution in [2.24, 2.45) is 0 Å². The summed E-state index contributed by atoms with van der Waals surface area (Å²) < 4.78 is 52.1. The van der Waals surface area contributed by atoms with Crippen LogP contribution in [0.3, 0.4) is 0 Å². The van der Waals surface area contributed by atoms with E-state index in [9.17, 15) is 17.6 Å². The van der Waals surface area contributed by atoms with Gasteiger partial charge in [0.05, 0.1) is 17.1 Å². The number of nitrogen functional groups attached to an aromatic ring is 1. The Morgan fingerprint density at radius 3 is 2.17 bits per heavy atom. The van der Waals surface area contributed by atoms with Gasteiger partial charge in [-0.2, -0.15) is 0 Å². The number of halogens is 4. The molecule has 0 heterocycles. The number of para-hydroxylation sites is 1. The first-order valence-corrected chi connectivity index (χ1v) is 4.94. The SMILES string of the molecule is Nc1c(F)cccc1Nc1cc(F)c(F)cc1F. The Bertz CT molecular complexity index is 599. The average Bonchev–Trinajstić information content (AvgIpc) is 2.32. The molecule has 3 N–H and O–H groups in total. The highest BCUT2D eigenvalue weighted by Crippen LogP contribution is 2.27. The number of hydrogen-bond donors (Lipinski definition) is 2. The molecule has 0 aliphatic carbocycles. The van der Waals surface area contributed by atoms with Crippen molar-refractivity contribution in [1.82, 2.24) is 0 Å². The molecule has 2 aromatic carbocycles. The number of rotatable bonds is 2. The van der Waals surface area contributed by atoms with Crippen molar-refractivity contribution >= 4 is 17.1 Å². The van der Waals surface area contributed by atoms with Crippen LogP contribution in [-0.2, 0) is 0 Å². The van der Waals surface area contributed by atoms with E-state index in [1.54, 1.807) is 0 Å². The Balaban J connectivity index is 2.40. The molecule has 0 unspecified atom stereocenters. The molecule has 0 aliphatic heterocycles. The van der Waals surface area contributed by atoms with E-state index < -0.39 is 23.3 Å². The third-order valence-electron chi connectivity index (χ3n) is 2.33. The highest BCUT2D eigenvalue weighted by Gasteiger charge is 2.11. The second-order valence-electron chi connectivity index (χ2n) is 3.57. The number of anilines is 3. The Morgan fingerprint density at radius 1 is 0.778 bits per heavy atom. The van der Waals surface area contributed by atoms with Gasteiger partial charge in [-0.05, 0) is 12.1 Å². The normalized spacial score (nSPS) is 10.4. The maximum Gasteiger partial charge on any atom is 0.161 e. The molecule has 0 radical (unpaired) electrons. The molecule has 0 aliphatic rings. The maximum absolute atomic E-state index is 13.3. The molecule has 6 heteroatoms. The molecule has 0 amide bonds. The van der Waals surface area contributed by atoms with Gasteiger partial charge in [0, 0.05) is 12.1 Å². The summed E-state index contributed by atoms with van der Waals surface area (Å²) in [6.45, 7) is 0. The fourth-order valence-corrected chi connectivity index (χ4v) is 1.41. The van der Waals surface area contributed by atoms with Crippen LogP contribution in [0.5, 0.6) is 0 Å². The van der Waals surface area contributed by atoms with E-state index in [1.165, 1.54) is 12.1 Å². The number of nitrogens with one attached hydrogen (secondary N) is 1. The second kappa shape index (κ2) is 4.56. The van der Waals surface area contributed by atoms with E-state index in [2.05, 4.69) is 5.32 Å². The number of nitrogens with two attached hydrogens (primary N) is 1. The molecule has 0 saturated carbocycles. The molecule has 94 valence electrons. The maximum atomic E-state index is 13.3. The number of benzene rings is 2. The molecule has 2 nitrogen and oxygen atoms in total. The predicted octanol–water partition coefficient (Wildman–Crippen LogP) is 3.57. The van der Waals surface area contributed by atoms with Gasteiger partial charge in [-0.1, -0.05) is 6.07 Å². The number of hydrogen-bond acceptors (Lipinski definition) is 2. The summed E-state index contributed by atoms with van der Waals surface area (Å²) >= 11 is 0. The summed E-state index contributed by atoms with van der Waals surface area (Å²) in [6.07, 6.45) is 0. The zero-order valence-corrected chi connectivity index (χ0v) is 8.98. The quantitative estimate of drug-likeness (QED) is 0.489. The summed E-state index contributed by atoms with van der Waals surface area (Å²) in [5.41, 5.74) is 4.93. The van der Waals surface area contributed by atoms with Crippen LogP contribution in [0, 0.1) is 23.3 Å². The minimum atomic E-state index is -1.30. The van der Waals surface area contributed by atoms with E-state index in [0.717, 1.165) is 6.07 Å². The predicted molar refractivity (Wildman–Crippen MR) is 60.4 cm³/mol. The minimum absolute atomic E-state index is 0.0694. The third kappa shape index (κ3) is 2.22. The lowest BCUT2D eigenvalue weighted by Gasteiger charge is -2.10. The van der Waals surface area contributed by atoms with Crippen molar-refractivity contribution < 1.29 is 17.6 Å². The van der Waals surface area contributed by atoms with Gasteiger partial charge >= 0.3 is 0 Å². The van der Waals surface area contributed by atoms with Gasteiger partial charge in [0.15, 0.2) is 11.6 Å². The summed E-state index contributed by atoms with van der Waals surface area (Å²) in [4.78, 5) is 0. The zero-order valence-electron chi connectivity index (χ0n) is 8.98. The first-order chi connectivity index (χ1) is 8.49. The van der Waals surface area contributed by atoms with Crippen LogP contribution in [0.25, 0.3) is 0 Å². The molecule has 0 saturated heterocycles. The van der Waals surface area contributed by atoms with Crippen LogP contribution >= 0.6 is 0 Å². The molecular weight excluding hydrogens is 248 g/mol. The van der Waals surface area contributed by atoms with Crippen LogP contribution < -0.4 is 11.1 Å². The topological polar surface area (TPSA) is 38.0 Å². The van der Waals surface area contributed by atoms with Crippen LogP contribution in [0.15, 0.2) is 30.3 Å². The molecule has 0 spiro atoms. The highest BCUT2D eigenvalue weighted by atomic mass is 19.2. The fraction of sp³-hybridized carbons (Fsp3) is 0. The largest absolute Gasteiger partial charge is 0.395 e. The van der Waals surface area contributed by atoms with E-state index >= 15 is 0 Å². The summed E-state index contributed by atoms with van der Waals surface area (Å²) in [7, 11) is 0. The summed E-state index contributed by atoms with van der Waals surface area (Å²) in [5.74, 6) is -4.21. The van der Waals surface area contributed by atoms with Crippen molar-refractivity contribution in [3.63, 3.8) is 0 Å². The lowest BCUT2D eigenvalue weighted by molar-refractivity contribution is 0.496. The van der Waals surface area contributed by atoms with Crippen molar-refractivity contribution in [3.05, 3.63) is 53.6 Å². The smallest absolute Gasteiger partial charge is 0.161 e. The molecule has 2 aromatic rings. The highest BCUT2D eigenvalue weighted by molar-refractivity contribution is 5.73. The van der Waals surface area contributed by atoms with Crippen LogP contribution in [0.4, 0.5) is 34.6 Å². The molecule has 0 fully saturated rings. The van der Waals surface area contributed by atoms with Crippen LogP contribution in [-0.4, -0.2) is 0 Å². The first-order valence-electron chi connectivity index (χ1n) is 4.94. The van der Waals surface area contributed by atoms with Gasteiger partial charge in [0.25, 0.3) is 0 Å². The Morgan fingerprint density at radius 2 is 1.44 bits per heavy atom. The summed E-state index contributed by atoms with van der Waals surface area (Å²) in [6, 6.07) is 4.90. The average molecular weight is 256 g/mol. The van der Waals surface area contributed by atoms with E-state index in [1.807, 2.05) is 0 Å². The van der Waals surface area contributed by atoms with Crippen molar-refractivity contribution in [3.8, 4) is 0 Å². The Kier molecular flexibility index (Phi) is 3.10. The minimum Gasteiger partial charge on any atom is -0.395 e. The van der Waals surface area contributed by atoms with Gasteiger partial charge in [0.1, 0.15) is 11.6 Å². The van der Waals surface area contributed by atoms with Gasteiger partial charge in [0.2, 0.25) is 0 Å². The van der Waals surface area contributed by atoms with Gasteiger partial charge in [-0.25, -0.2) is 17.6 Å². The monoisotopic (exact) mass is 256 g/mol. The zero-order chi connectivity index (χ0) is 13.3. The summed E-state index contributed by atoms with van der Waals surface area (Å²) in [5, 5.41) is 2.40. The first kappa shape index (κ1) is 12.2. The molecule has 0 bridgehead atoms. The Hall–Kier alpha value is -2.24. The lowest BCUT2D eigenvalue weighted by Crippen LogP contribution is -2.01. The van der Waals surface area contributed by atoms with Gasteiger partial charge in [-0.15, -0.1) is 0 Å². The van der Waals surface area contributed by atoms with Crippen LogP contribution in [0.1, 0.15) is 0 Å². The van der Waals surface area contributed by atoms with Crippen molar-refractivity contribution in [2.45, 2.75) is 0 Å². The van der Waals surface area contributed by atoms with E-state index in [0.29, 0.717) is 12.1 Å². The molecule has 18 heavy (non-hydrogen) atoms. The van der Waals surface area contributed by atoms with E-state index in [4.69, 9.17) is 5.73 Å². The van der Waals surface area contributed by atoms with Crippen molar-refractivity contribution in [2.75, 3.05) is 11.1 Å². The third-order valence-corrected chi connectivity index (χ3v) is 2.33. The molecule has 0 aromatic heterocycles. The molecule has 2 rings (SSSR count). The Labute approximate surface area is 100 Å². The lowest BCUT2D eigenvalue weighted by atomic mass is 10.2. The molecular formula is C12H8F4N2. The second-order valence-corrected chi connectivity index (χ2v) is 3.57. The van der Waals surface area contributed by atoms with Gasteiger partial charge < -0.3 is 11.1 Å². The molecule has 0 atom stereocenters. The van der Waals surface area contributed by atoms with Crippen LogP contribution in [0.2, 0.25) is 0 Å². The standard InChI is InChI=1S/C12H8F4N2/c13-6-2-1-3-10(12(6)17)18-11-5-8(15)7(14)4-9(11)16/h1-5,18H,17H2. The van der Waals surface area contributed by atoms with Crippen molar-refractivity contribution in [1.29, 1.82) is 0 Å².